The van der Waals surface area contributed by atoms with Crippen molar-refractivity contribution in [3.05, 3.63) is 53.6 Å². The number of methoxy groups -OCH3 is 1. The highest BCUT2D eigenvalue weighted by Gasteiger charge is 2.36. The molecule has 10 heteroatoms. The zero-order chi connectivity index (χ0) is 20.2. The maximum atomic E-state index is 12.8. The van der Waals surface area contributed by atoms with Crippen LogP contribution in [0.5, 0.6) is 5.75 Å². The van der Waals surface area contributed by atoms with Gasteiger partial charge in [0.25, 0.3) is 0 Å². The molecule has 1 amide bonds. The highest BCUT2D eigenvalue weighted by atomic mass is 19.4. The van der Waals surface area contributed by atoms with E-state index in [2.05, 4.69) is 10.6 Å². The maximum absolute atomic E-state index is 12.8. The molecule has 0 saturated heterocycles. The summed E-state index contributed by atoms with van der Waals surface area (Å²) in [6.07, 6.45) is -9.91. The number of anilines is 2. The van der Waals surface area contributed by atoms with Crippen LogP contribution >= 0.6 is 0 Å². The predicted molar refractivity (Wildman–Crippen MR) is 86.6 cm³/mol. The molecule has 146 valence electrons. The fraction of sp³-hybridized carbons (Fsp3) is 0.235. The molecule has 0 aliphatic heterocycles. The van der Waals surface area contributed by atoms with Gasteiger partial charge in [0.15, 0.2) is 0 Å². The monoisotopic (exact) mass is 392 g/mol. The largest absolute Gasteiger partial charge is 0.497 e. The summed E-state index contributed by atoms with van der Waals surface area (Å²) in [6.45, 7) is -0.523. The van der Waals surface area contributed by atoms with Crippen LogP contribution in [0.2, 0.25) is 0 Å². The molecule has 0 aliphatic rings. The van der Waals surface area contributed by atoms with E-state index in [0.717, 1.165) is 0 Å². The van der Waals surface area contributed by atoms with Crippen molar-refractivity contribution in [1.29, 1.82) is 0 Å². The first-order chi connectivity index (χ1) is 12.5. The summed E-state index contributed by atoms with van der Waals surface area (Å²) >= 11 is 0. The van der Waals surface area contributed by atoms with E-state index in [9.17, 15) is 31.1 Å². The number of alkyl halides is 6. The highest BCUT2D eigenvalue weighted by molar-refractivity contribution is 5.93. The fourth-order valence-electron chi connectivity index (χ4n) is 2.12. The average molecular weight is 392 g/mol. The molecule has 0 spiro atoms. The second-order valence-electron chi connectivity index (χ2n) is 5.42. The van der Waals surface area contributed by atoms with E-state index in [1.807, 2.05) is 0 Å². The molecule has 0 radical (unpaired) electrons. The lowest BCUT2D eigenvalue weighted by Crippen LogP contribution is -2.22. The Labute approximate surface area is 150 Å². The predicted octanol–water partition coefficient (Wildman–Crippen LogP) is 4.78. The first kappa shape index (κ1) is 20.4. The lowest BCUT2D eigenvalue weighted by molar-refractivity contribution is -0.143. The Kier molecular flexibility index (Phi) is 5.87. The van der Waals surface area contributed by atoms with Crippen molar-refractivity contribution in [2.75, 3.05) is 24.3 Å². The molecule has 0 aromatic heterocycles. The molecule has 0 aliphatic carbocycles. The van der Waals surface area contributed by atoms with Crippen LogP contribution in [0.1, 0.15) is 11.1 Å². The number of halogens is 6. The van der Waals surface area contributed by atoms with Gasteiger partial charge in [0.05, 0.1) is 24.8 Å². The third-order valence-corrected chi connectivity index (χ3v) is 3.41. The molecule has 0 atom stereocenters. The Morgan fingerprint density at radius 3 is 1.85 bits per heavy atom. The van der Waals surface area contributed by atoms with Gasteiger partial charge in [-0.05, 0) is 42.5 Å². The molecule has 0 heterocycles. The van der Waals surface area contributed by atoms with Crippen molar-refractivity contribution >= 4 is 17.3 Å². The average Bonchev–Trinajstić information content (AvgIpc) is 2.59. The first-order valence-corrected chi connectivity index (χ1v) is 7.46. The van der Waals surface area contributed by atoms with Gasteiger partial charge in [0, 0.05) is 11.4 Å². The Morgan fingerprint density at radius 2 is 1.41 bits per heavy atom. The van der Waals surface area contributed by atoms with Gasteiger partial charge in [0.2, 0.25) is 5.91 Å². The van der Waals surface area contributed by atoms with E-state index in [4.69, 9.17) is 4.74 Å². The van der Waals surface area contributed by atoms with Crippen LogP contribution in [0.25, 0.3) is 0 Å². The molecule has 0 bridgehead atoms. The molecule has 2 aromatic carbocycles. The Balaban J connectivity index is 2.10. The van der Waals surface area contributed by atoms with Gasteiger partial charge in [0.1, 0.15) is 5.75 Å². The van der Waals surface area contributed by atoms with Gasteiger partial charge >= 0.3 is 12.4 Å². The molecular weight excluding hydrogens is 378 g/mol. The van der Waals surface area contributed by atoms with Crippen LogP contribution in [0, 0.1) is 0 Å². The SMILES string of the molecule is COc1ccc(NC(=O)CNc2cc(C(F)(F)F)cc(C(F)(F)F)c2)cc1. The summed E-state index contributed by atoms with van der Waals surface area (Å²) in [4.78, 5) is 11.9. The normalized spacial score (nSPS) is 11.8. The van der Waals surface area contributed by atoms with Crippen LogP contribution in [0.4, 0.5) is 37.7 Å². The van der Waals surface area contributed by atoms with E-state index < -0.39 is 41.6 Å². The van der Waals surface area contributed by atoms with Crippen molar-refractivity contribution in [3.63, 3.8) is 0 Å². The number of hydrogen-bond donors (Lipinski definition) is 2. The summed E-state index contributed by atoms with van der Waals surface area (Å²) in [5.41, 5.74) is -3.00. The fourth-order valence-corrected chi connectivity index (χ4v) is 2.12. The zero-order valence-electron chi connectivity index (χ0n) is 13.8. The van der Waals surface area contributed by atoms with E-state index in [-0.39, 0.29) is 6.07 Å². The van der Waals surface area contributed by atoms with Crippen molar-refractivity contribution in [3.8, 4) is 5.75 Å². The van der Waals surface area contributed by atoms with Gasteiger partial charge in [-0.3, -0.25) is 4.79 Å². The van der Waals surface area contributed by atoms with Gasteiger partial charge in [-0.25, -0.2) is 0 Å². The smallest absolute Gasteiger partial charge is 0.416 e. The number of carbonyl (C=O) groups is 1. The van der Waals surface area contributed by atoms with Crippen LogP contribution < -0.4 is 15.4 Å². The summed E-state index contributed by atoms with van der Waals surface area (Å²) < 4.78 is 81.7. The van der Waals surface area contributed by atoms with E-state index >= 15 is 0 Å². The lowest BCUT2D eigenvalue weighted by Gasteiger charge is -2.15. The minimum absolute atomic E-state index is 0.0165. The quantitative estimate of drug-likeness (QED) is 0.720. The summed E-state index contributed by atoms with van der Waals surface area (Å²) in [6, 6.07) is 7.25. The number of carbonyl (C=O) groups excluding carboxylic acids is 1. The van der Waals surface area contributed by atoms with Gasteiger partial charge in [-0.1, -0.05) is 0 Å². The van der Waals surface area contributed by atoms with Crippen molar-refractivity contribution in [2.24, 2.45) is 0 Å². The van der Waals surface area contributed by atoms with Crippen LogP contribution in [-0.2, 0) is 17.1 Å². The van der Waals surface area contributed by atoms with Crippen molar-refractivity contribution in [1.82, 2.24) is 0 Å². The van der Waals surface area contributed by atoms with E-state index in [1.54, 1.807) is 12.1 Å². The zero-order valence-corrected chi connectivity index (χ0v) is 13.8. The molecule has 2 rings (SSSR count). The Hall–Kier alpha value is -2.91. The Bertz CT molecular complexity index is 768. The lowest BCUT2D eigenvalue weighted by atomic mass is 10.1. The van der Waals surface area contributed by atoms with Gasteiger partial charge in [-0.2, -0.15) is 26.3 Å². The third-order valence-electron chi connectivity index (χ3n) is 3.41. The molecule has 0 fully saturated rings. The number of hydrogen-bond acceptors (Lipinski definition) is 3. The van der Waals surface area contributed by atoms with E-state index in [1.165, 1.54) is 19.2 Å². The summed E-state index contributed by atoms with van der Waals surface area (Å²) in [5, 5.41) is 4.73. The second kappa shape index (κ2) is 7.77. The van der Waals surface area contributed by atoms with Crippen molar-refractivity contribution < 1.29 is 35.9 Å². The number of ether oxygens (including phenoxy) is 1. The molecule has 4 nitrogen and oxygen atoms in total. The molecule has 0 unspecified atom stereocenters. The first-order valence-electron chi connectivity index (χ1n) is 7.46. The van der Waals surface area contributed by atoms with Gasteiger partial charge in [-0.15, -0.1) is 0 Å². The van der Waals surface area contributed by atoms with Gasteiger partial charge < -0.3 is 15.4 Å². The second-order valence-corrected chi connectivity index (χ2v) is 5.42. The number of benzene rings is 2. The number of amides is 1. The topological polar surface area (TPSA) is 50.4 Å². The Morgan fingerprint density at radius 1 is 0.889 bits per heavy atom. The summed E-state index contributed by atoms with van der Waals surface area (Å²) in [5.74, 6) is -0.0964. The number of nitrogens with one attached hydrogen (secondary N) is 2. The summed E-state index contributed by atoms with van der Waals surface area (Å²) in [7, 11) is 1.46. The minimum Gasteiger partial charge on any atom is -0.497 e. The molecular formula is C17H14F6N2O2. The number of rotatable bonds is 5. The van der Waals surface area contributed by atoms with E-state index in [0.29, 0.717) is 23.6 Å². The molecule has 27 heavy (non-hydrogen) atoms. The highest BCUT2D eigenvalue weighted by Crippen LogP contribution is 2.37. The van der Waals surface area contributed by atoms with Crippen molar-refractivity contribution in [2.45, 2.75) is 12.4 Å². The minimum atomic E-state index is -4.96. The van der Waals surface area contributed by atoms with Crippen LogP contribution in [-0.4, -0.2) is 19.6 Å². The maximum Gasteiger partial charge on any atom is 0.416 e. The standard InChI is InChI=1S/C17H14F6N2O2/c1-27-14-4-2-12(3-5-14)25-15(26)9-24-13-7-10(16(18,19)20)6-11(8-13)17(21,22)23/h2-8,24H,9H2,1H3,(H,25,26). The molecule has 2 N–H and O–H groups in total. The van der Waals surface area contributed by atoms with Crippen LogP contribution in [0.3, 0.4) is 0 Å². The molecule has 2 aromatic rings. The van der Waals surface area contributed by atoms with Crippen LogP contribution in [0.15, 0.2) is 42.5 Å². The molecule has 0 saturated carbocycles. The third kappa shape index (κ3) is 5.80.